The van der Waals surface area contributed by atoms with E-state index in [1.807, 2.05) is 36.4 Å². The number of carbonyl (C=O) groups excluding carboxylic acids is 2. The topological polar surface area (TPSA) is 86.8 Å². The van der Waals surface area contributed by atoms with E-state index in [-0.39, 0.29) is 18.7 Å². The highest BCUT2D eigenvalue weighted by atomic mass is 79.9. The van der Waals surface area contributed by atoms with E-state index in [1.165, 1.54) is 4.90 Å². The molecule has 0 aromatic heterocycles. The highest BCUT2D eigenvalue weighted by Crippen LogP contribution is 2.23. The van der Waals surface area contributed by atoms with Crippen molar-refractivity contribution in [2.24, 2.45) is 0 Å². The molecule has 0 fully saturated rings. The summed E-state index contributed by atoms with van der Waals surface area (Å²) >= 11 is 3.41. The lowest BCUT2D eigenvalue weighted by atomic mass is 10.0. The molecule has 0 saturated heterocycles. The second kappa shape index (κ2) is 13.0. The Labute approximate surface area is 229 Å². The lowest BCUT2D eigenvalue weighted by molar-refractivity contribution is -0.140. The predicted molar refractivity (Wildman–Crippen MR) is 146 cm³/mol. The van der Waals surface area contributed by atoms with Gasteiger partial charge in [0.15, 0.2) is 11.6 Å². The van der Waals surface area contributed by atoms with Gasteiger partial charge in [0.2, 0.25) is 21.8 Å². The van der Waals surface area contributed by atoms with Crippen LogP contribution in [0.15, 0.2) is 77.3 Å². The molecule has 0 spiro atoms. The molecule has 3 aromatic carbocycles. The van der Waals surface area contributed by atoms with E-state index in [0.29, 0.717) is 22.5 Å². The quantitative estimate of drug-likeness (QED) is 0.353. The van der Waals surface area contributed by atoms with Crippen LogP contribution < -0.4 is 9.62 Å². The molecule has 0 bridgehead atoms. The molecule has 1 atom stereocenters. The maximum atomic E-state index is 14.0. The average Bonchev–Trinajstić information content (AvgIpc) is 2.86. The van der Waals surface area contributed by atoms with Gasteiger partial charge >= 0.3 is 0 Å². The number of rotatable bonds is 11. The summed E-state index contributed by atoms with van der Waals surface area (Å²) in [6.45, 7) is 1.37. The summed E-state index contributed by atoms with van der Waals surface area (Å²) in [6, 6.07) is 17.9. The van der Waals surface area contributed by atoms with Crippen molar-refractivity contribution in [3.05, 3.63) is 100 Å². The number of halogens is 3. The Morgan fingerprint density at radius 1 is 0.947 bits per heavy atom. The average molecular weight is 609 g/mol. The van der Waals surface area contributed by atoms with Gasteiger partial charge in [-0.3, -0.25) is 13.9 Å². The number of anilines is 1. The number of hydrogen-bond acceptors (Lipinski definition) is 4. The zero-order chi connectivity index (χ0) is 27.9. The number of hydrogen-bond donors (Lipinski definition) is 1. The van der Waals surface area contributed by atoms with Gasteiger partial charge < -0.3 is 10.2 Å². The number of nitrogens with one attached hydrogen (secondary N) is 1. The minimum atomic E-state index is -4.08. The highest BCUT2D eigenvalue weighted by Gasteiger charge is 2.33. The Morgan fingerprint density at radius 2 is 1.63 bits per heavy atom. The number of carbonyl (C=O) groups is 2. The number of amides is 2. The van der Waals surface area contributed by atoms with E-state index in [1.54, 1.807) is 25.1 Å². The lowest BCUT2D eigenvalue weighted by Gasteiger charge is -2.33. The van der Waals surface area contributed by atoms with Gasteiger partial charge in [-0.1, -0.05) is 58.4 Å². The van der Waals surface area contributed by atoms with Gasteiger partial charge in [-0.25, -0.2) is 17.2 Å². The summed E-state index contributed by atoms with van der Waals surface area (Å²) in [5, 5.41) is 2.76. The fourth-order valence-corrected chi connectivity index (χ4v) is 5.22. The van der Waals surface area contributed by atoms with Crippen LogP contribution in [-0.4, -0.2) is 50.5 Å². The molecule has 0 unspecified atom stereocenters. The Kier molecular flexibility index (Phi) is 9.98. The highest BCUT2D eigenvalue weighted by molar-refractivity contribution is 9.10. The van der Waals surface area contributed by atoms with Gasteiger partial charge in [0.25, 0.3) is 0 Å². The van der Waals surface area contributed by atoms with Crippen molar-refractivity contribution in [3.8, 4) is 0 Å². The Balaban J connectivity index is 2.05. The van der Waals surface area contributed by atoms with E-state index in [4.69, 9.17) is 0 Å². The maximum absolute atomic E-state index is 14.0. The second-order valence-corrected chi connectivity index (χ2v) is 11.4. The lowest BCUT2D eigenvalue weighted by Crippen LogP contribution is -2.53. The van der Waals surface area contributed by atoms with Crippen LogP contribution in [0.5, 0.6) is 0 Å². The summed E-state index contributed by atoms with van der Waals surface area (Å²) in [5.74, 6) is -3.49. The molecule has 0 heterocycles. The van der Waals surface area contributed by atoms with Crippen LogP contribution in [0.4, 0.5) is 14.5 Å². The van der Waals surface area contributed by atoms with E-state index in [9.17, 15) is 26.8 Å². The second-order valence-electron chi connectivity index (χ2n) is 8.62. The minimum Gasteiger partial charge on any atom is -0.355 e. The molecule has 38 heavy (non-hydrogen) atoms. The van der Waals surface area contributed by atoms with Crippen molar-refractivity contribution < 1.29 is 26.8 Å². The molecular weight excluding hydrogens is 580 g/mol. The molecule has 3 rings (SSSR count). The first-order valence-corrected chi connectivity index (χ1v) is 14.4. The van der Waals surface area contributed by atoms with Gasteiger partial charge in [0, 0.05) is 30.0 Å². The molecule has 0 saturated carbocycles. The molecule has 7 nitrogen and oxygen atoms in total. The first kappa shape index (κ1) is 29.2. The van der Waals surface area contributed by atoms with Gasteiger partial charge in [0.05, 0.1) is 11.9 Å². The van der Waals surface area contributed by atoms with Gasteiger partial charge in [-0.2, -0.15) is 0 Å². The zero-order valence-electron chi connectivity index (χ0n) is 20.9. The number of nitrogens with zero attached hydrogens (tertiary/aromatic N) is 2. The van der Waals surface area contributed by atoms with E-state index >= 15 is 0 Å². The Bertz CT molecular complexity index is 1390. The van der Waals surface area contributed by atoms with E-state index < -0.39 is 46.1 Å². The number of likely N-dealkylation sites (N-methyl/N-ethyl adjacent to an activating group) is 1. The molecule has 202 valence electrons. The first-order chi connectivity index (χ1) is 18.0. The van der Waals surface area contributed by atoms with Crippen LogP contribution in [0.1, 0.15) is 18.1 Å². The summed E-state index contributed by atoms with van der Waals surface area (Å²) in [7, 11) is -4.08. The zero-order valence-corrected chi connectivity index (χ0v) is 23.3. The van der Waals surface area contributed by atoms with Gasteiger partial charge in [-0.15, -0.1) is 0 Å². The van der Waals surface area contributed by atoms with E-state index in [0.717, 1.165) is 28.4 Å². The predicted octanol–water partition coefficient (Wildman–Crippen LogP) is 4.27. The summed E-state index contributed by atoms with van der Waals surface area (Å²) < 4.78 is 54.2. The summed E-state index contributed by atoms with van der Waals surface area (Å²) in [5.41, 5.74) is 1.30. The fourth-order valence-electron chi connectivity index (χ4n) is 3.93. The molecule has 3 aromatic rings. The standard InChI is InChI=1S/C27H28BrF2N3O4S/c1-3-31-27(35)25(15-19-8-5-4-6-9-19)32(17-20-10-7-11-21(28)14-20)26(34)18-33(38(2,36)37)22-12-13-23(29)24(30)16-22/h4-14,16,25H,3,15,17-18H2,1-2H3,(H,31,35)/t25-/m1/s1. The third-order valence-corrected chi connectivity index (χ3v) is 7.37. The van der Waals surface area contributed by atoms with Crippen LogP contribution in [0.2, 0.25) is 0 Å². The molecule has 0 aliphatic heterocycles. The van der Waals surface area contributed by atoms with Gasteiger partial charge in [0.1, 0.15) is 12.6 Å². The monoisotopic (exact) mass is 607 g/mol. The summed E-state index contributed by atoms with van der Waals surface area (Å²) in [4.78, 5) is 28.4. The Morgan fingerprint density at radius 3 is 2.24 bits per heavy atom. The smallest absolute Gasteiger partial charge is 0.244 e. The third kappa shape index (κ3) is 7.84. The van der Waals surface area contributed by atoms with Crippen LogP contribution in [0, 0.1) is 11.6 Å². The SMILES string of the molecule is CCNC(=O)[C@@H](Cc1ccccc1)N(Cc1cccc(Br)c1)C(=O)CN(c1ccc(F)c(F)c1)S(C)(=O)=O. The van der Waals surface area contributed by atoms with Crippen LogP contribution >= 0.6 is 15.9 Å². The summed E-state index contributed by atoms with van der Waals surface area (Å²) in [6.07, 6.45) is 1.04. The van der Waals surface area contributed by atoms with Crippen LogP contribution in [-0.2, 0) is 32.6 Å². The van der Waals surface area contributed by atoms with Crippen molar-refractivity contribution in [1.82, 2.24) is 10.2 Å². The van der Waals surface area contributed by atoms with Crippen molar-refractivity contribution >= 4 is 43.5 Å². The normalized spacial score (nSPS) is 12.0. The number of benzene rings is 3. The maximum Gasteiger partial charge on any atom is 0.244 e. The van der Waals surface area contributed by atoms with Crippen molar-refractivity contribution in [2.45, 2.75) is 25.9 Å². The van der Waals surface area contributed by atoms with Crippen molar-refractivity contribution in [2.75, 3.05) is 23.7 Å². The molecule has 0 radical (unpaired) electrons. The van der Waals surface area contributed by atoms with Crippen molar-refractivity contribution in [3.63, 3.8) is 0 Å². The van der Waals surface area contributed by atoms with Gasteiger partial charge in [-0.05, 0) is 42.3 Å². The number of sulfonamides is 1. The fraction of sp³-hybridized carbons (Fsp3) is 0.259. The van der Waals surface area contributed by atoms with Crippen molar-refractivity contribution in [1.29, 1.82) is 0 Å². The minimum absolute atomic E-state index is 0.00227. The molecule has 1 N–H and O–H groups in total. The molecule has 11 heteroatoms. The third-order valence-electron chi connectivity index (χ3n) is 5.73. The molecule has 2 amide bonds. The molecule has 0 aliphatic rings. The van der Waals surface area contributed by atoms with Crippen LogP contribution in [0.25, 0.3) is 0 Å². The van der Waals surface area contributed by atoms with E-state index in [2.05, 4.69) is 21.2 Å². The first-order valence-electron chi connectivity index (χ1n) is 11.8. The Hall–Kier alpha value is -3.31. The molecule has 0 aliphatic carbocycles. The molecular formula is C27H28BrF2N3O4S. The van der Waals surface area contributed by atoms with Crippen LogP contribution in [0.3, 0.4) is 0 Å². The largest absolute Gasteiger partial charge is 0.355 e.